The highest BCUT2D eigenvalue weighted by Crippen LogP contribution is 2.15. The lowest BCUT2D eigenvalue weighted by Gasteiger charge is -2.06. The van der Waals surface area contributed by atoms with E-state index in [0.717, 1.165) is 0 Å². The number of sulfonamides is 1. The van der Waals surface area contributed by atoms with Gasteiger partial charge in [-0.05, 0) is 13.0 Å². The first-order chi connectivity index (χ1) is 8.49. The van der Waals surface area contributed by atoms with Gasteiger partial charge in [0.15, 0.2) is 0 Å². The van der Waals surface area contributed by atoms with E-state index in [4.69, 9.17) is 10.3 Å². The molecular formula is C10H12N4O3S. The van der Waals surface area contributed by atoms with E-state index in [2.05, 4.69) is 14.9 Å². The van der Waals surface area contributed by atoms with Crippen LogP contribution in [0.1, 0.15) is 11.5 Å². The molecule has 0 spiro atoms. The Bertz CT molecular complexity index is 651. The first kappa shape index (κ1) is 12.5. The standard InChI is InChI=1S/C10H12N4O3S/c1-7-4-8(14-17-7)5-13-18(15,16)10-6-12-3-2-9(10)11/h2-4,6,13H,5H2,1H3,(H2,11,12). The van der Waals surface area contributed by atoms with E-state index in [1.54, 1.807) is 13.0 Å². The molecule has 96 valence electrons. The third-order valence-corrected chi connectivity index (χ3v) is 3.67. The van der Waals surface area contributed by atoms with E-state index in [0.29, 0.717) is 11.5 Å². The number of nitrogen functional groups attached to an aromatic ring is 1. The molecule has 7 nitrogen and oxygen atoms in total. The lowest BCUT2D eigenvalue weighted by Crippen LogP contribution is -2.24. The molecule has 0 aliphatic carbocycles. The van der Waals surface area contributed by atoms with Crippen LogP contribution >= 0.6 is 0 Å². The summed E-state index contributed by atoms with van der Waals surface area (Å²) in [5, 5.41) is 3.69. The van der Waals surface area contributed by atoms with Crippen molar-refractivity contribution in [2.75, 3.05) is 5.73 Å². The topological polar surface area (TPSA) is 111 Å². The zero-order valence-electron chi connectivity index (χ0n) is 9.62. The fourth-order valence-electron chi connectivity index (χ4n) is 1.36. The van der Waals surface area contributed by atoms with E-state index in [-0.39, 0.29) is 17.1 Å². The van der Waals surface area contributed by atoms with Crippen LogP contribution in [-0.4, -0.2) is 18.6 Å². The van der Waals surface area contributed by atoms with Crippen LogP contribution in [0.4, 0.5) is 5.69 Å². The number of rotatable bonds is 4. The van der Waals surface area contributed by atoms with Gasteiger partial charge in [-0.25, -0.2) is 13.1 Å². The van der Waals surface area contributed by atoms with Gasteiger partial charge in [0, 0.05) is 18.5 Å². The molecule has 0 unspecified atom stereocenters. The molecule has 2 aromatic rings. The minimum absolute atomic E-state index is 0.0357. The van der Waals surface area contributed by atoms with Crippen LogP contribution < -0.4 is 10.5 Å². The van der Waals surface area contributed by atoms with Crippen LogP contribution in [0, 0.1) is 6.92 Å². The number of aromatic nitrogens is 2. The molecule has 18 heavy (non-hydrogen) atoms. The van der Waals surface area contributed by atoms with Crippen LogP contribution in [0.5, 0.6) is 0 Å². The lowest BCUT2D eigenvalue weighted by molar-refractivity contribution is 0.390. The van der Waals surface area contributed by atoms with Crippen LogP contribution in [-0.2, 0) is 16.6 Å². The van der Waals surface area contributed by atoms with Gasteiger partial charge in [0.25, 0.3) is 0 Å². The minimum atomic E-state index is -3.70. The maximum Gasteiger partial charge on any atom is 0.244 e. The van der Waals surface area contributed by atoms with Gasteiger partial charge in [0.05, 0.1) is 17.9 Å². The van der Waals surface area contributed by atoms with Crippen LogP contribution in [0.2, 0.25) is 0 Å². The molecule has 0 radical (unpaired) electrons. The summed E-state index contributed by atoms with van der Waals surface area (Å²) in [6.07, 6.45) is 2.63. The Morgan fingerprint density at radius 3 is 2.89 bits per heavy atom. The minimum Gasteiger partial charge on any atom is -0.398 e. The first-order valence-electron chi connectivity index (χ1n) is 5.10. The van der Waals surface area contributed by atoms with E-state index in [1.165, 1.54) is 18.5 Å². The molecule has 2 aromatic heterocycles. The quantitative estimate of drug-likeness (QED) is 0.832. The van der Waals surface area contributed by atoms with E-state index < -0.39 is 10.0 Å². The van der Waals surface area contributed by atoms with Crippen molar-refractivity contribution in [1.82, 2.24) is 14.9 Å². The van der Waals surface area contributed by atoms with Crippen LogP contribution in [0.3, 0.4) is 0 Å². The molecule has 0 aliphatic heterocycles. The number of nitrogens with one attached hydrogen (secondary N) is 1. The van der Waals surface area contributed by atoms with Gasteiger partial charge in [0.2, 0.25) is 10.0 Å². The summed E-state index contributed by atoms with van der Waals surface area (Å²) in [5.41, 5.74) is 6.23. The van der Waals surface area contributed by atoms with Crippen molar-refractivity contribution in [2.45, 2.75) is 18.4 Å². The fourth-order valence-corrected chi connectivity index (χ4v) is 2.43. The first-order valence-corrected chi connectivity index (χ1v) is 6.59. The highest BCUT2D eigenvalue weighted by Gasteiger charge is 2.17. The largest absolute Gasteiger partial charge is 0.398 e. The van der Waals surface area contributed by atoms with Crippen molar-refractivity contribution in [2.24, 2.45) is 0 Å². The number of hydrogen-bond acceptors (Lipinski definition) is 6. The van der Waals surface area contributed by atoms with Crippen molar-refractivity contribution in [3.05, 3.63) is 36.0 Å². The van der Waals surface area contributed by atoms with Crippen LogP contribution in [0.15, 0.2) is 33.9 Å². The average molecular weight is 268 g/mol. The third kappa shape index (κ3) is 2.66. The Balaban J connectivity index is 2.16. The number of pyridine rings is 1. The summed E-state index contributed by atoms with van der Waals surface area (Å²) >= 11 is 0. The third-order valence-electron chi connectivity index (χ3n) is 2.23. The van der Waals surface area contributed by atoms with Gasteiger partial charge >= 0.3 is 0 Å². The van der Waals surface area contributed by atoms with E-state index in [9.17, 15) is 8.42 Å². The Morgan fingerprint density at radius 1 is 1.50 bits per heavy atom. The van der Waals surface area contributed by atoms with Gasteiger partial charge in [-0.1, -0.05) is 5.16 Å². The maximum absolute atomic E-state index is 11.9. The molecular weight excluding hydrogens is 256 g/mol. The molecule has 0 atom stereocenters. The van der Waals surface area contributed by atoms with Crippen LogP contribution in [0.25, 0.3) is 0 Å². The monoisotopic (exact) mass is 268 g/mol. The zero-order chi connectivity index (χ0) is 13.2. The summed E-state index contributed by atoms with van der Waals surface area (Å²) < 4.78 is 31.1. The second kappa shape index (κ2) is 4.75. The van der Waals surface area contributed by atoms with Crippen molar-refractivity contribution in [1.29, 1.82) is 0 Å². The smallest absolute Gasteiger partial charge is 0.244 e. The number of aryl methyl sites for hydroxylation is 1. The molecule has 0 bridgehead atoms. The zero-order valence-corrected chi connectivity index (χ0v) is 10.4. The van der Waals surface area contributed by atoms with Gasteiger partial charge < -0.3 is 10.3 Å². The molecule has 2 rings (SSSR count). The second-order valence-electron chi connectivity index (χ2n) is 3.67. The Hall–Kier alpha value is -1.93. The Morgan fingerprint density at radius 2 is 2.28 bits per heavy atom. The molecule has 0 fully saturated rings. The summed E-state index contributed by atoms with van der Waals surface area (Å²) in [4.78, 5) is 3.69. The molecule has 2 heterocycles. The molecule has 0 aliphatic rings. The lowest BCUT2D eigenvalue weighted by atomic mass is 10.4. The van der Waals surface area contributed by atoms with Gasteiger partial charge in [-0.15, -0.1) is 0 Å². The predicted octanol–water partition coefficient (Wildman–Crippen LogP) is 0.439. The fraction of sp³-hybridized carbons (Fsp3) is 0.200. The molecule has 0 amide bonds. The molecule has 8 heteroatoms. The van der Waals surface area contributed by atoms with Crippen molar-refractivity contribution < 1.29 is 12.9 Å². The summed E-state index contributed by atoms with van der Waals surface area (Å²) in [6, 6.07) is 3.07. The highest BCUT2D eigenvalue weighted by molar-refractivity contribution is 7.89. The number of hydrogen-bond donors (Lipinski definition) is 2. The van der Waals surface area contributed by atoms with Gasteiger partial charge in [-0.3, -0.25) is 4.98 Å². The van der Waals surface area contributed by atoms with E-state index >= 15 is 0 Å². The highest BCUT2D eigenvalue weighted by atomic mass is 32.2. The molecule has 3 N–H and O–H groups in total. The number of nitrogens with two attached hydrogens (primary N) is 1. The summed E-state index contributed by atoms with van der Waals surface area (Å²) in [7, 11) is -3.70. The second-order valence-corrected chi connectivity index (χ2v) is 5.40. The van der Waals surface area contributed by atoms with Crippen molar-refractivity contribution in [3.8, 4) is 0 Å². The predicted molar refractivity (Wildman–Crippen MR) is 63.9 cm³/mol. The van der Waals surface area contributed by atoms with Gasteiger partial charge in [-0.2, -0.15) is 0 Å². The summed E-state index contributed by atoms with van der Waals surface area (Å²) in [5.74, 6) is 0.616. The molecule has 0 aromatic carbocycles. The summed E-state index contributed by atoms with van der Waals surface area (Å²) in [6.45, 7) is 1.76. The van der Waals surface area contributed by atoms with Gasteiger partial charge in [0.1, 0.15) is 10.7 Å². The average Bonchev–Trinajstić information content (AvgIpc) is 2.73. The number of anilines is 1. The molecule has 0 saturated carbocycles. The molecule has 0 saturated heterocycles. The SMILES string of the molecule is Cc1cc(CNS(=O)(=O)c2cnccc2N)no1. The normalized spacial score (nSPS) is 11.6. The Labute approximate surface area is 104 Å². The number of nitrogens with zero attached hydrogens (tertiary/aromatic N) is 2. The van der Waals surface area contributed by atoms with E-state index in [1.807, 2.05) is 0 Å². The Kier molecular flexibility index (Phi) is 3.30. The van der Waals surface area contributed by atoms with Crippen molar-refractivity contribution >= 4 is 15.7 Å². The maximum atomic E-state index is 11.9. The van der Waals surface area contributed by atoms with Crippen molar-refractivity contribution in [3.63, 3.8) is 0 Å².